The van der Waals surface area contributed by atoms with E-state index in [1.165, 1.54) is 122 Å². The first kappa shape index (κ1) is 50.4. The van der Waals surface area contributed by atoms with Crippen LogP contribution in [0.1, 0.15) is 187 Å². The van der Waals surface area contributed by atoms with Crippen LogP contribution in [-0.2, 0) is 27.9 Å². The number of carbonyl (C=O) groups excluding carboxylic acids is 1. The summed E-state index contributed by atoms with van der Waals surface area (Å²) in [6.45, 7) is 4.23. The van der Waals surface area contributed by atoms with Gasteiger partial charge < -0.3 is 39.9 Å². The first-order valence-corrected chi connectivity index (χ1v) is 22.9. The maximum Gasteiger partial charge on any atom is 0.472 e. The molecule has 13 heteroatoms. The van der Waals surface area contributed by atoms with E-state index in [2.05, 4.69) is 13.8 Å². The third-order valence-electron chi connectivity index (χ3n) is 10.2. The number of carbonyl (C=O) groups is 1. The van der Waals surface area contributed by atoms with Crippen molar-refractivity contribution < 1.29 is 58.3 Å². The lowest BCUT2D eigenvalue weighted by molar-refractivity contribution is -0.220. The summed E-state index contributed by atoms with van der Waals surface area (Å²) >= 11 is 0. The van der Waals surface area contributed by atoms with Crippen molar-refractivity contribution in [3.05, 3.63) is 0 Å². The van der Waals surface area contributed by atoms with E-state index < -0.39 is 63.1 Å². The zero-order chi connectivity index (χ0) is 39.2. The molecule has 0 aromatic rings. The van der Waals surface area contributed by atoms with Crippen LogP contribution in [0, 0.1) is 0 Å². The molecule has 0 heterocycles. The highest BCUT2D eigenvalue weighted by atomic mass is 31.2. The Morgan fingerprint density at radius 1 is 0.528 bits per heavy atom. The topological polar surface area (TPSA) is 192 Å². The number of aliphatic hydroxyl groups is 5. The highest BCUT2D eigenvalue weighted by Crippen LogP contribution is 2.47. The zero-order valence-electron chi connectivity index (χ0n) is 33.3. The van der Waals surface area contributed by atoms with Crippen molar-refractivity contribution in [2.45, 2.75) is 230 Å². The molecular formula is C40H79O12P. The Labute approximate surface area is 321 Å². The molecule has 0 spiro atoms. The molecule has 1 saturated carbocycles. The van der Waals surface area contributed by atoms with Crippen LogP contribution in [0.5, 0.6) is 0 Å². The number of hydrogen-bond acceptors (Lipinski definition) is 11. The van der Waals surface area contributed by atoms with E-state index in [1.807, 2.05) is 0 Å². The van der Waals surface area contributed by atoms with Gasteiger partial charge in [-0.1, -0.05) is 168 Å². The van der Waals surface area contributed by atoms with E-state index in [0.717, 1.165) is 38.5 Å². The lowest BCUT2D eigenvalue weighted by atomic mass is 9.85. The van der Waals surface area contributed by atoms with Crippen molar-refractivity contribution in [3.8, 4) is 0 Å². The summed E-state index contributed by atoms with van der Waals surface area (Å²) in [4.78, 5) is 22.9. The molecule has 316 valence electrons. The van der Waals surface area contributed by atoms with Crippen molar-refractivity contribution in [2.75, 3.05) is 19.8 Å². The van der Waals surface area contributed by atoms with E-state index in [9.17, 15) is 39.8 Å². The average molecular weight is 783 g/mol. The summed E-state index contributed by atoms with van der Waals surface area (Å²) in [7, 11) is -5.00. The van der Waals surface area contributed by atoms with Crippen LogP contribution >= 0.6 is 7.82 Å². The van der Waals surface area contributed by atoms with Gasteiger partial charge in [-0.3, -0.25) is 13.8 Å². The maximum absolute atomic E-state index is 12.7. The molecule has 0 bridgehead atoms. The van der Waals surface area contributed by atoms with E-state index in [-0.39, 0.29) is 13.0 Å². The smallest absolute Gasteiger partial charge is 0.457 e. The Kier molecular flexibility index (Phi) is 30.8. The van der Waals surface area contributed by atoms with Gasteiger partial charge in [0, 0.05) is 13.0 Å². The van der Waals surface area contributed by atoms with Gasteiger partial charge in [0.1, 0.15) is 42.7 Å². The Balaban J connectivity index is 2.35. The van der Waals surface area contributed by atoms with Gasteiger partial charge in [0.05, 0.1) is 13.2 Å². The fourth-order valence-corrected chi connectivity index (χ4v) is 7.74. The first-order valence-electron chi connectivity index (χ1n) is 21.4. The van der Waals surface area contributed by atoms with Crippen LogP contribution in [-0.4, -0.2) is 98.9 Å². The number of phosphoric ester groups is 1. The van der Waals surface area contributed by atoms with Crippen LogP contribution in [0.3, 0.4) is 0 Å². The minimum atomic E-state index is -5.00. The van der Waals surface area contributed by atoms with Crippen molar-refractivity contribution in [1.82, 2.24) is 0 Å². The van der Waals surface area contributed by atoms with Crippen LogP contribution in [0.2, 0.25) is 0 Å². The molecular weight excluding hydrogens is 703 g/mol. The molecule has 1 aliphatic carbocycles. The molecule has 0 radical (unpaired) electrons. The van der Waals surface area contributed by atoms with Crippen molar-refractivity contribution in [1.29, 1.82) is 0 Å². The summed E-state index contributed by atoms with van der Waals surface area (Å²) < 4.78 is 34.0. The van der Waals surface area contributed by atoms with E-state index in [1.54, 1.807) is 0 Å². The summed E-state index contributed by atoms with van der Waals surface area (Å²) in [5.41, 5.74) is 0. The third-order valence-corrected chi connectivity index (χ3v) is 11.2. The quantitative estimate of drug-likeness (QED) is 0.0206. The van der Waals surface area contributed by atoms with Gasteiger partial charge in [-0.15, -0.1) is 0 Å². The number of phosphoric acid groups is 1. The highest BCUT2D eigenvalue weighted by Gasteiger charge is 2.51. The van der Waals surface area contributed by atoms with Gasteiger partial charge >= 0.3 is 13.8 Å². The molecule has 53 heavy (non-hydrogen) atoms. The predicted molar refractivity (Wildman–Crippen MR) is 207 cm³/mol. The molecule has 0 saturated heterocycles. The molecule has 6 unspecified atom stereocenters. The number of rotatable bonds is 36. The van der Waals surface area contributed by atoms with E-state index >= 15 is 0 Å². The Bertz CT molecular complexity index is 895. The van der Waals surface area contributed by atoms with Crippen LogP contribution < -0.4 is 0 Å². The number of aliphatic hydroxyl groups excluding tert-OH is 5. The molecule has 1 rings (SSSR count). The SMILES string of the molecule is CCCCCCCCCCCCCCCCCCCCOCC(COP(=O)(O)OC1C(O)C(O)C(O)C(O)C1O)OC(=O)CCCCCCCCCC. The second-order valence-corrected chi connectivity index (χ2v) is 16.6. The predicted octanol–water partition coefficient (Wildman–Crippen LogP) is 7.81. The van der Waals surface area contributed by atoms with Crippen LogP contribution in [0.15, 0.2) is 0 Å². The fraction of sp³-hybridized carbons (Fsp3) is 0.975. The standard InChI is InChI=1S/C40H79O12P/c1-3-5-7-9-11-13-14-15-16-17-18-19-20-21-22-24-26-28-30-49-31-33(51-34(41)29-27-25-23-12-10-8-6-4-2)32-50-53(47,48)52-40-38(45)36(43)35(42)37(44)39(40)46/h33,35-40,42-46H,3-32H2,1-2H3,(H,47,48). The minimum Gasteiger partial charge on any atom is -0.457 e. The molecule has 0 aromatic carbocycles. The maximum atomic E-state index is 12.7. The van der Waals surface area contributed by atoms with Crippen molar-refractivity contribution in [2.24, 2.45) is 0 Å². The summed E-state index contributed by atoms with van der Waals surface area (Å²) in [6, 6.07) is 0. The van der Waals surface area contributed by atoms with E-state index in [0.29, 0.717) is 13.0 Å². The Morgan fingerprint density at radius 2 is 0.887 bits per heavy atom. The second-order valence-electron chi connectivity index (χ2n) is 15.2. The van der Waals surface area contributed by atoms with Crippen molar-refractivity contribution in [3.63, 3.8) is 0 Å². The lowest BCUT2D eigenvalue weighted by Crippen LogP contribution is -2.64. The van der Waals surface area contributed by atoms with Gasteiger partial charge in [0.2, 0.25) is 0 Å². The molecule has 0 aliphatic heterocycles. The van der Waals surface area contributed by atoms with Crippen LogP contribution in [0.25, 0.3) is 0 Å². The van der Waals surface area contributed by atoms with Gasteiger partial charge in [0.15, 0.2) is 0 Å². The monoisotopic (exact) mass is 783 g/mol. The summed E-state index contributed by atoms with van der Waals surface area (Å²) in [6.07, 6.45) is 19.2. The Hall–Kier alpha value is -0.660. The molecule has 1 aliphatic rings. The normalized spacial score (nSPS) is 23.5. The third kappa shape index (κ3) is 25.3. The molecule has 1 fully saturated rings. The number of esters is 1. The number of ether oxygens (including phenoxy) is 2. The van der Waals surface area contributed by atoms with Crippen LogP contribution in [0.4, 0.5) is 0 Å². The number of unbranched alkanes of at least 4 members (excludes halogenated alkanes) is 24. The highest BCUT2D eigenvalue weighted by molar-refractivity contribution is 7.47. The second kappa shape index (κ2) is 32.4. The molecule has 0 aromatic heterocycles. The minimum absolute atomic E-state index is 0.0690. The van der Waals surface area contributed by atoms with Gasteiger partial charge in [-0.2, -0.15) is 0 Å². The molecule has 0 amide bonds. The first-order chi connectivity index (χ1) is 25.5. The lowest BCUT2D eigenvalue weighted by Gasteiger charge is -2.41. The largest absolute Gasteiger partial charge is 0.472 e. The number of hydrogen-bond donors (Lipinski definition) is 6. The average Bonchev–Trinajstić information content (AvgIpc) is 3.14. The molecule has 6 N–H and O–H groups in total. The molecule has 12 nitrogen and oxygen atoms in total. The fourth-order valence-electron chi connectivity index (χ4n) is 6.77. The van der Waals surface area contributed by atoms with E-state index in [4.69, 9.17) is 18.5 Å². The van der Waals surface area contributed by atoms with Gasteiger partial charge in [-0.25, -0.2) is 4.57 Å². The Morgan fingerprint density at radius 3 is 1.30 bits per heavy atom. The van der Waals surface area contributed by atoms with Crippen molar-refractivity contribution >= 4 is 13.8 Å². The molecule has 6 atom stereocenters. The zero-order valence-corrected chi connectivity index (χ0v) is 34.2. The summed E-state index contributed by atoms with van der Waals surface area (Å²) in [5.74, 6) is -0.478. The van der Waals surface area contributed by atoms with Gasteiger partial charge in [-0.05, 0) is 12.8 Å². The summed E-state index contributed by atoms with van der Waals surface area (Å²) in [5, 5.41) is 50.0. The van der Waals surface area contributed by atoms with Gasteiger partial charge in [0.25, 0.3) is 0 Å².